The summed E-state index contributed by atoms with van der Waals surface area (Å²) in [6.45, 7) is 6.25. The van der Waals surface area contributed by atoms with Crippen LogP contribution in [0.1, 0.15) is 44.3 Å². The van der Waals surface area contributed by atoms with Gasteiger partial charge >= 0.3 is 0 Å². The van der Waals surface area contributed by atoms with Gasteiger partial charge in [-0.05, 0) is 50.5 Å². The molecule has 0 fully saturated rings. The second-order valence-electron chi connectivity index (χ2n) is 6.96. The van der Waals surface area contributed by atoms with E-state index in [4.69, 9.17) is 0 Å². The summed E-state index contributed by atoms with van der Waals surface area (Å²) in [4.78, 5) is 29.1. The Morgan fingerprint density at radius 1 is 1.21 bits per heavy atom. The molecule has 0 atom stereocenters. The van der Waals surface area contributed by atoms with Crippen LogP contribution in [-0.2, 0) is 24.8 Å². The lowest BCUT2D eigenvalue weighted by atomic mass is 10.1. The maximum absolute atomic E-state index is 12.5. The van der Waals surface area contributed by atoms with E-state index in [0.29, 0.717) is 30.6 Å². The van der Waals surface area contributed by atoms with Gasteiger partial charge in [0.15, 0.2) is 0 Å². The summed E-state index contributed by atoms with van der Waals surface area (Å²) in [5.74, 6) is -0.284. The van der Waals surface area contributed by atoms with E-state index < -0.39 is 0 Å². The van der Waals surface area contributed by atoms with Crippen molar-refractivity contribution in [3.05, 3.63) is 62.9 Å². The maximum atomic E-state index is 12.5. The SMILES string of the molecule is Cc1ccc(C(=O)NCc2nccs2)cc1NC(=O)CCc1c(C)nn(C)c1C. The van der Waals surface area contributed by atoms with E-state index in [1.54, 1.807) is 18.3 Å². The standard InChI is InChI=1S/C21H25N5O2S/c1-13-5-6-16(21(28)23-12-20-22-9-10-29-20)11-18(13)24-19(27)8-7-17-14(2)25-26(4)15(17)3/h5-6,9-11H,7-8,12H2,1-4H3,(H,23,28)(H,24,27). The largest absolute Gasteiger partial charge is 0.346 e. The third kappa shape index (κ3) is 5.08. The zero-order valence-electron chi connectivity index (χ0n) is 17.1. The highest BCUT2D eigenvalue weighted by Crippen LogP contribution is 2.19. The third-order valence-electron chi connectivity index (χ3n) is 4.92. The number of nitrogens with one attached hydrogen (secondary N) is 2. The van der Waals surface area contributed by atoms with Crippen LogP contribution in [0.4, 0.5) is 5.69 Å². The average Bonchev–Trinajstić information content (AvgIpc) is 3.29. The first-order valence-corrected chi connectivity index (χ1v) is 10.3. The van der Waals surface area contributed by atoms with Crippen LogP contribution in [-0.4, -0.2) is 26.6 Å². The van der Waals surface area contributed by atoms with Gasteiger partial charge in [-0.25, -0.2) is 4.98 Å². The van der Waals surface area contributed by atoms with Gasteiger partial charge in [0.1, 0.15) is 5.01 Å². The highest BCUT2D eigenvalue weighted by atomic mass is 32.1. The first-order valence-electron chi connectivity index (χ1n) is 9.41. The number of rotatable bonds is 7. The second-order valence-corrected chi connectivity index (χ2v) is 7.94. The molecule has 2 heterocycles. The predicted octanol–water partition coefficient (Wildman–Crippen LogP) is 3.30. The quantitative estimate of drug-likeness (QED) is 0.624. The molecule has 0 bridgehead atoms. The summed E-state index contributed by atoms with van der Waals surface area (Å²) in [7, 11) is 1.90. The number of aromatic nitrogens is 3. The van der Waals surface area contributed by atoms with Crippen molar-refractivity contribution in [2.24, 2.45) is 7.05 Å². The van der Waals surface area contributed by atoms with Crippen molar-refractivity contribution in [3.8, 4) is 0 Å². The maximum Gasteiger partial charge on any atom is 0.251 e. The Labute approximate surface area is 174 Å². The summed E-state index contributed by atoms with van der Waals surface area (Å²) in [6.07, 6.45) is 2.69. The summed E-state index contributed by atoms with van der Waals surface area (Å²) < 4.78 is 1.83. The number of nitrogens with zero attached hydrogens (tertiary/aromatic N) is 3. The summed E-state index contributed by atoms with van der Waals surface area (Å²) in [5.41, 5.74) is 5.19. The molecule has 0 aliphatic carbocycles. The number of anilines is 1. The zero-order valence-corrected chi connectivity index (χ0v) is 17.9. The van der Waals surface area contributed by atoms with E-state index in [0.717, 1.165) is 27.5 Å². The molecule has 0 aliphatic rings. The van der Waals surface area contributed by atoms with E-state index in [2.05, 4.69) is 20.7 Å². The first-order chi connectivity index (χ1) is 13.8. The van der Waals surface area contributed by atoms with Crippen molar-refractivity contribution in [2.75, 3.05) is 5.32 Å². The van der Waals surface area contributed by atoms with Crippen molar-refractivity contribution in [1.29, 1.82) is 0 Å². The fraction of sp³-hybridized carbons (Fsp3) is 0.333. The lowest BCUT2D eigenvalue weighted by molar-refractivity contribution is -0.116. The van der Waals surface area contributed by atoms with Crippen molar-refractivity contribution in [3.63, 3.8) is 0 Å². The van der Waals surface area contributed by atoms with Crippen molar-refractivity contribution in [1.82, 2.24) is 20.1 Å². The highest BCUT2D eigenvalue weighted by molar-refractivity contribution is 7.09. The molecule has 0 unspecified atom stereocenters. The summed E-state index contributed by atoms with van der Waals surface area (Å²) in [6, 6.07) is 5.30. The number of benzene rings is 1. The molecule has 3 rings (SSSR count). The van der Waals surface area contributed by atoms with Crippen molar-refractivity contribution < 1.29 is 9.59 Å². The molecule has 3 aromatic rings. The molecule has 0 spiro atoms. The third-order valence-corrected chi connectivity index (χ3v) is 5.70. The van der Waals surface area contributed by atoms with Crippen molar-refractivity contribution in [2.45, 2.75) is 40.2 Å². The van der Waals surface area contributed by atoms with Gasteiger partial charge in [-0.15, -0.1) is 11.3 Å². The molecular weight excluding hydrogens is 386 g/mol. The first kappa shape index (κ1) is 20.7. The molecule has 29 heavy (non-hydrogen) atoms. The number of carbonyl (C=O) groups is 2. The molecule has 1 aromatic carbocycles. The Hall–Kier alpha value is -3.00. The molecule has 0 aliphatic heterocycles. The highest BCUT2D eigenvalue weighted by Gasteiger charge is 2.13. The second kappa shape index (κ2) is 9.00. The van der Waals surface area contributed by atoms with Gasteiger partial charge < -0.3 is 10.6 Å². The Kier molecular flexibility index (Phi) is 6.43. The average molecular weight is 412 g/mol. The molecule has 0 saturated heterocycles. The molecule has 2 N–H and O–H groups in total. The lowest BCUT2D eigenvalue weighted by Gasteiger charge is -2.11. The number of thiazole rings is 1. The number of amides is 2. The van der Waals surface area contributed by atoms with Gasteiger partial charge in [0.2, 0.25) is 5.91 Å². The van der Waals surface area contributed by atoms with Crippen LogP contribution in [0.3, 0.4) is 0 Å². The molecular formula is C21H25N5O2S. The number of hydrogen-bond donors (Lipinski definition) is 2. The molecule has 8 heteroatoms. The van der Waals surface area contributed by atoms with Gasteiger partial charge in [-0.3, -0.25) is 14.3 Å². The molecule has 7 nitrogen and oxygen atoms in total. The smallest absolute Gasteiger partial charge is 0.251 e. The minimum Gasteiger partial charge on any atom is -0.346 e. The molecule has 0 radical (unpaired) electrons. The Bertz CT molecular complexity index is 1020. The van der Waals surface area contributed by atoms with E-state index >= 15 is 0 Å². The Morgan fingerprint density at radius 2 is 2.00 bits per heavy atom. The van der Waals surface area contributed by atoms with Crippen LogP contribution in [0, 0.1) is 20.8 Å². The number of hydrogen-bond acceptors (Lipinski definition) is 5. The van der Waals surface area contributed by atoms with E-state index in [-0.39, 0.29) is 11.8 Å². The normalized spacial score (nSPS) is 10.8. The molecule has 152 valence electrons. The van der Waals surface area contributed by atoms with Gasteiger partial charge in [-0.1, -0.05) is 6.07 Å². The zero-order chi connectivity index (χ0) is 21.0. The van der Waals surface area contributed by atoms with Gasteiger partial charge in [0.25, 0.3) is 5.91 Å². The van der Waals surface area contributed by atoms with Crippen LogP contribution in [0.5, 0.6) is 0 Å². The Morgan fingerprint density at radius 3 is 2.66 bits per heavy atom. The van der Waals surface area contributed by atoms with Gasteiger partial charge in [0.05, 0.1) is 12.2 Å². The van der Waals surface area contributed by atoms with E-state index in [1.807, 2.05) is 43.9 Å². The molecule has 2 aromatic heterocycles. The monoisotopic (exact) mass is 411 g/mol. The fourth-order valence-corrected chi connectivity index (χ4v) is 3.68. The van der Waals surface area contributed by atoms with Crippen molar-refractivity contribution >= 4 is 28.8 Å². The minimum atomic E-state index is -0.197. The predicted molar refractivity (Wildman–Crippen MR) is 114 cm³/mol. The van der Waals surface area contributed by atoms with E-state index in [9.17, 15) is 9.59 Å². The van der Waals surface area contributed by atoms with Gasteiger partial charge in [0, 0.05) is 42.0 Å². The number of aryl methyl sites for hydroxylation is 3. The van der Waals surface area contributed by atoms with Crippen LogP contribution in [0.15, 0.2) is 29.8 Å². The minimum absolute atomic E-state index is 0.0869. The van der Waals surface area contributed by atoms with E-state index in [1.165, 1.54) is 11.3 Å². The van der Waals surface area contributed by atoms with Crippen LogP contribution in [0.25, 0.3) is 0 Å². The summed E-state index contributed by atoms with van der Waals surface area (Å²) in [5, 5.41) is 12.9. The lowest BCUT2D eigenvalue weighted by Crippen LogP contribution is -2.23. The van der Waals surface area contributed by atoms with Crippen LogP contribution < -0.4 is 10.6 Å². The molecule has 2 amide bonds. The molecule has 0 saturated carbocycles. The topological polar surface area (TPSA) is 88.9 Å². The van der Waals surface area contributed by atoms with Crippen LogP contribution >= 0.6 is 11.3 Å². The van der Waals surface area contributed by atoms with Crippen LogP contribution in [0.2, 0.25) is 0 Å². The van der Waals surface area contributed by atoms with Gasteiger partial charge in [-0.2, -0.15) is 5.10 Å². The fourth-order valence-electron chi connectivity index (χ4n) is 3.13. The number of carbonyl (C=O) groups excluding carboxylic acids is 2. The summed E-state index contributed by atoms with van der Waals surface area (Å²) >= 11 is 1.49. The Balaban J connectivity index is 1.61.